The average molecular weight is 281 g/mol. The van der Waals surface area contributed by atoms with Crippen LogP contribution >= 0.6 is 0 Å². The summed E-state index contributed by atoms with van der Waals surface area (Å²) in [4.78, 5) is 0. The fourth-order valence-electron chi connectivity index (χ4n) is 2.81. The highest BCUT2D eigenvalue weighted by Crippen LogP contribution is 2.28. The van der Waals surface area contributed by atoms with Gasteiger partial charge in [0.15, 0.2) is 0 Å². The molecule has 0 spiro atoms. The summed E-state index contributed by atoms with van der Waals surface area (Å²) in [6.45, 7) is 8.90. The monoisotopic (exact) mass is 281 g/mol. The van der Waals surface area contributed by atoms with Crippen LogP contribution in [0.15, 0.2) is 36.4 Å². The summed E-state index contributed by atoms with van der Waals surface area (Å²) in [5.74, 6) is 0.959. The van der Waals surface area contributed by atoms with Crippen molar-refractivity contribution in [2.45, 2.75) is 52.0 Å². The Kier molecular flexibility index (Phi) is 5.00. The predicted molar refractivity (Wildman–Crippen MR) is 89.9 cm³/mol. The Hall–Kier alpha value is -1.83. The van der Waals surface area contributed by atoms with Gasteiger partial charge in [0.2, 0.25) is 0 Å². The van der Waals surface area contributed by atoms with Crippen molar-refractivity contribution in [1.29, 1.82) is 5.41 Å². The summed E-state index contributed by atoms with van der Waals surface area (Å²) in [5.41, 5.74) is 4.76. The lowest BCUT2D eigenvalue weighted by atomic mass is 9.85. The van der Waals surface area contributed by atoms with E-state index in [0.717, 1.165) is 0 Å². The van der Waals surface area contributed by atoms with Crippen molar-refractivity contribution in [3.8, 4) is 0 Å². The normalized spacial score (nSPS) is 17.3. The molecule has 1 unspecified atom stereocenters. The van der Waals surface area contributed by atoms with E-state index in [9.17, 15) is 0 Å². The van der Waals surface area contributed by atoms with Crippen LogP contribution in [0.1, 0.15) is 56.2 Å². The van der Waals surface area contributed by atoms with E-state index in [2.05, 4.69) is 57.4 Å². The number of allylic oxidation sites excluding steroid dienone is 2. The van der Waals surface area contributed by atoms with Crippen LogP contribution in [0.3, 0.4) is 0 Å². The van der Waals surface area contributed by atoms with Gasteiger partial charge in [0, 0.05) is 12.1 Å². The Bertz CT molecular complexity index is 539. The quantitative estimate of drug-likeness (QED) is 0.774. The molecule has 1 aromatic rings. The van der Waals surface area contributed by atoms with Crippen LogP contribution in [0.2, 0.25) is 0 Å². The van der Waals surface area contributed by atoms with E-state index in [1.807, 2.05) is 18.2 Å². The molecule has 2 N–H and O–H groups in total. The fourth-order valence-corrected chi connectivity index (χ4v) is 2.81. The third-order valence-electron chi connectivity index (χ3n) is 3.96. The van der Waals surface area contributed by atoms with Crippen LogP contribution in [0.4, 0.5) is 0 Å². The lowest BCUT2D eigenvalue weighted by molar-refractivity contribution is 0.793. The van der Waals surface area contributed by atoms with Crippen LogP contribution in [0.25, 0.3) is 0 Å². The minimum Gasteiger partial charge on any atom is -0.372 e. The molecule has 1 radical (unpaired) electrons. The van der Waals surface area contributed by atoms with Gasteiger partial charge >= 0.3 is 0 Å². The van der Waals surface area contributed by atoms with E-state index in [-0.39, 0.29) is 6.04 Å². The van der Waals surface area contributed by atoms with Crippen molar-refractivity contribution in [1.82, 2.24) is 5.32 Å². The molecule has 0 bridgehead atoms. The highest BCUT2D eigenvalue weighted by Gasteiger charge is 2.18. The molecule has 0 fully saturated rings. The average Bonchev–Trinajstić information content (AvgIpc) is 2.47. The molecule has 2 rings (SSSR count). The van der Waals surface area contributed by atoms with Crippen LogP contribution in [0.5, 0.6) is 0 Å². The number of dihydropyridines is 1. The SMILES string of the molecule is CC(C)c1cccc(C(C)C)c1CC(=N)C1C=CC=[C]N1. The van der Waals surface area contributed by atoms with Crippen molar-refractivity contribution >= 4 is 5.71 Å². The summed E-state index contributed by atoms with van der Waals surface area (Å²) in [7, 11) is 0. The van der Waals surface area contributed by atoms with Crippen LogP contribution in [-0.2, 0) is 6.42 Å². The number of rotatable bonds is 5. The van der Waals surface area contributed by atoms with Crippen molar-refractivity contribution < 1.29 is 0 Å². The predicted octanol–water partition coefficient (Wildman–Crippen LogP) is 4.34. The van der Waals surface area contributed by atoms with E-state index >= 15 is 0 Å². The zero-order valence-corrected chi connectivity index (χ0v) is 13.4. The van der Waals surface area contributed by atoms with Crippen LogP contribution in [-0.4, -0.2) is 11.8 Å². The van der Waals surface area contributed by atoms with Gasteiger partial charge in [-0.15, -0.1) is 0 Å². The molecule has 0 aliphatic carbocycles. The van der Waals surface area contributed by atoms with Gasteiger partial charge in [0.05, 0.1) is 12.2 Å². The molecule has 0 amide bonds. The number of hydrogen-bond acceptors (Lipinski definition) is 2. The van der Waals surface area contributed by atoms with Gasteiger partial charge in [-0.2, -0.15) is 0 Å². The van der Waals surface area contributed by atoms with Gasteiger partial charge in [0.1, 0.15) is 0 Å². The standard InChI is InChI=1S/C19H25N2/c1-13(2)15-8-7-9-16(14(3)4)17(15)12-18(20)19-10-5-6-11-21-19/h5-10,13-14,19-21H,12H2,1-4H3. The Labute approximate surface area is 128 Å². The van der Waals surface area contributed by atoms with E-state index in [4.69, 9.17) is 5.41 Å². The summed E-state index contributed by atoms with van der Waals surface area (Å²) < 4.78 is 0. The van der Waals surface area contributed by atoms with Gasteiger partial charge in [-0.25, -0.2) is 0 Å². The fraction of sp³-hybridized carbons (Fsp3) is 0.421. The van der Waals surface area contributed by atoms with Gasteiger partial charge in [-0.1, -0.05) is 58.0 Å². The first-order valence-electron chi connectivity index (χ1n) is 7.70. The van der Waals surface area contributed by atoms with Gasteiger partial charge in [-0.3, -0.25) is 0 Å². The van der Waals surface area contributed by atoms with Crippen LogP contribution < -0.4 is 5.32 Å². The van der Waals surface area contributed by atoms with E-state index in [1.165, 1.54) is 16.7 Å². The summed E-state index contributed by atoms with van der Waals surface area (Å²) in [6.07, 6.45) is 9.48. The number of benzene rings is 1. The summed E-state index contributed by atoms with van der Waals surface area (Å²) in [6, 6.07) is 6.52. The number of nitrogens with one attached hydrogen (secondary N) is 2. The van der Waals surface area contributed by atoms with E-state index in [0.29, 0.717) is 24.0 Å². The van der Waals surface area contributed by atoms with Gasteiger partial charge in [0.25, 0.3) is 0 Å². The van der Waals surface area contributed by atoms with Crippen molar-refractivity contribution in [2.75, 3.05) is 0 Å². The van der Waals surface area contributed by atoms with Crippen molar-refractivity contribution in [2.24, 2.45) is 0 Å². The highest BCUT2D eigenvalue weighted by atomic mass is 14.9. The van der Waals surface area contributed by atoms with Gasteiger partial charge < -0.3 is 10.7 Å². The zero-order valence-electron chi connectivity index (χ0n) is 13.4. The molecule has 1 aliphatic rings. The largest absolute Gasteiger partial charge is 0.372 e. The Morgan fingerprint density at radius 3 is 2.29 bits per heavy atom. The second-order valence-corrected chi connectivity index (χ2v) is 6.24. The number of hydrogen-bond donors (Lipinski definition) is 2. The Balaban J connectivity index is 2.31. The van der Waals surface area contributed by atoms with Gasteiger partial charge in [-0.05, 0) is 34.6 Å². The maximum atomic E-state index is 8.43. The molecule has 2 nitrogen and oxygen atoms in total. The molecule has 2 heteroatoms. The minimum absolute atomic E-state index is 0.0322. The van der Waals surface area contributed by atoms with E-state index in [1.54, 1.807) is 0 Å². The first kappa shape index (κ1) is 15.6. The van der Waals surface area contributed by atoms with Crippen LogP contribution in [0, 0.1) is 11.6 Å². The minimum atomic E-state index is -0.0322. The maximum absolute atomic E-state index is 8.43. The summed E-state index contributed by atoms with van der Waals surface area (Å²) in [5, 5.41) is 11.5. The molecule has 21 heavy (non-hydrogen) atoms. The molecule has 0 saturated heterocycles. The first-order valence-corrected chi connectivity index (χ1v) is 7.70. The molecule has 111 valence electrons. The molecule has 1 atom stereocenters. The zero-order chi connectivity index (χ0) is 15.4. The lowest BCUT2D eigenvalue weighted by Gasteiger charge is -2.22. The second-order valence-electron chi connectivity index (χ2n) is 6.24. The second kappa shape index (κ2) is 6.75. The third-order valence-corrected chi connectivity index (χ3v) is 3.96. The molecular weight excluding hydrogens is 256 g/mol. The first-order chi connectivity index (χ1) is 10.0. The molecule has 0 saturated carbocycles. The smallest absolute Gasteiger partial charge is 0.0830 e. The molecule has 0 aromatic heterocycles. The maximum Gasteiger partial charge on any atom is 0.0830 e. The third kappa shape index (κ3) is 3.63. The molecule has 1 aromatic carbocycles. The van der Waals surface area contributed by atoms with Crippen molar-refractivity contribution in [3.63, 3.8) is 0 Å². The van der Waals surface area contributed by atoms with E-state index < -0.39 is 0 Å². The van der Waals surface area contributed by atoms with Crippen molar-refractivity contribution in [3.05, 3.63) is 59.3 Å². The topological polar surface area (TPSA) is 35.9 Å². The molecular formula is C19H25N2. The lowest BCUT2D eigenvalue weighted by Crippen LogP contribution is -2.34. The highest BCUT2D eigenvalue weighted by molar-refractivity contribution is 5.91. The molecule has 1 aliphatic heterocycles. The Morgan fingerprint density at radius 1 is 1.19 bits per heavy atom. The summed E-state index contributed by atoms with van der Waals surface area (Å²) >= 11 is 0. The molecule has 1 heterocycles. The Morgan fingerprint density at radius 2 is 1.81 bits per heavy atom.